The lowest BCUT2D eigenvalue weighted by Gasteiger charge is -2.23. The van der Waals surface area contributed by atoms with Crippen molar-refractivity contribution in [2.45, 2.75) is 19.9 Å². The third-order valence-corrected chi connectivity index (χ3v) is 3.34. The first kappa shape index (κ1) is 17.4. The molecule has 1 N–H and O–H groups in total. The van der Waals surface area contributed by atoms with E-state index in [0.717, 1.165) is 38.2 Å². The number of anilines is 1. The SMILES string of the molecule is CCCN(CCN(C)C)Cc1ccc(NC)c([N+](=O)[O-])c1. The Morgan fingerprint density at radius 2 is 1.95 bits per heavy atom. The van der Waals surface area contributed by atoms with E-state index in [1.807, 2.05) is 6.07 Å². The maximum absolute atomic E-state index is 11.1. The average molecular weight is 294 g/mol. The molecule has 0 aliphatic heterocycles. The molecule has 0 bridgehead atoms. The van der Waals surface area contributed by atoms with E-state index >= 15 is 0 Å². The molecule has 118 valence electrons. The molecule has 0 unspecified atom stereocenters. The fourth-order valence-corrected chi connectivity index (χ4v) is 2.22. The lowest BCUT2D eigenvalue weighted by Crippen LogP contribution is -2.32. The highest BCUT2D eigenvalue weighted by molar-refractivity contribution is 5.62. The molecule has 0 fully saturated rings. The van der Waals surface area contributed by atoms with Crippen molar-refractivity contribution in [2.24, 2.45) is 0 Å². The Hall–Kier alpha value is -1.66. The molecule has 0 aromatic heterocycles. The van der Waals surface area contributed by atoms with Crippen molar-refractivity contribution in [2.75, 3.05) is 46.1 Å². The van der Waals surface area contributed by atoms with Crippen molar-refractivity contribution in [1.29, 1.82) is 0 Å². The monoisotopic (exact) mass is 294 g/mol. The van der Waals surface area contributed by atoms with Crippen molar-refractivity contribution in [1.82, 2.24) is 9.80 Å². The number of rotatable bonds is 9. The summed E-state index contributed by atoms with van der Waals surface area (Å²) in [6, 6.07) is 5.41. The zero-order valence-electron chi connectivity index (χ0n) is 13.4. The van der Waals surface area contributed by atoms with Gasteiger partial charge in [-0.05, 0) is 38.7 Å². The van der Waals surface area contributed by atoms with E-state index in [2.05, 4.69) is 36.1 Å². The van der Waals surface area contributed by atoms with Crippen molar-refractivity contribution >= 4 is 11.4 Å². The van der Waals surface area contributed by atoms with Gasteiger partial charge >= 0.3 is 0 Å². The Labute approximate surface area is 126 Å². The first-order chi connectivity index (χ1) is 9.97. The summed E-state index contributed by atoms with van der Waals surface area (Å²) in [5.41, 5.74) is 1.67. The minimum Gasteiger partial charge on any atom is -0.383 e. The van der Waals surface area contributed by atoms with Crippen LogP contribution in [0.3, 0.4) is 0 Å². The van der Waals surface area contributed by atoms with Crippen LogP contribution in [0.1, 0.15) is 18.9 Å². The van der Waals surface area contributed by atoms with Gasteiger partial charge in [0.15, 0.2) is 0 Å². The van der Waals surface area contributed by atoms with Gasteiger partial charge in [-0.15, -0.1) is 0 Å². The Kier molecular flexibility index (Phi) is 7.11. The van der Waals surface area contributed by atoms with Gasteiger partial charge in [0.2, 0.25) is 0 Å². The fraction of sp³-hybridized carbons (Fsp3) is 0.600. The molecule has 6 nitrogen and oxygen atoms in total. The largest absolute Gasteiger partial charge is 0.383 e. The van der Waals surface area contributed by atoms with Crippen molar-refractivity contribution in [3.63, 3.8) is 0 Å². The number of hydrogen-bond donors (Lipinski definition) is 1. The maximum atomic E-state index is 11.1. The van der Waals surface area contributed by atoms with E-state index in [0.29, 0.717) is 5.69 Å². The molecule has 6 heteroatoms. The molecule has 0 spiro atoms. The number of nitro benzene ring substituents is 1. The van der Waals surface area contributed by atoms with Gasteiger partial charge in [-0.25, -0.2) is 0 Å². The van der Waals surface area contributed by atoms with Crippen LogP contribution in [-0.2, 0) is 6.54 Å². The summed E-state index contributed by atoms with van der Waals surface area (Å²) in [6.45, 7) is 5.83. The van der Waals surface area contributed by atoms with E-state index in [1.54, 1.807) is 19.2 Å². The Balaban J connectivity index is 2.83. The van der Waals surface area contributed by atoms with Gasteiger partial charge in [0, 0.05) is 32.7 Å². The lowest BCUT2D eigenvalue weighted by atomic mass is 10.1. The van der Waals surface area contributed by atoms with Crippen LogP contribution >= 0.6 is 0 Å². The zero-order valence-corrected chi connectivity index (χ0v) is 13.4. The van der Waals surface area contributed by atoms with Gasteiger partial charge < -0.3 is 10.2 Å². The number of nitrogens with zero attached hydrogens (tertiary/aromatic N) is 3. The normalized spacial score (nSPS) is 11.1. The number of benzene rings is 1. The highest BCUT2D eigenvalue weighted by atomic mass is 16.6. The topological polar surface area (TPSA) is 61.6 Å². The maximum Gasteiger partial charge on any atom is 0.292 e. The van der Waals surface area contributed by atoms with Crippen LogP contribution in [0, 0.1) is 10.1 Å². The lowest BCUT2D eigenvalue weighted by molar-refractivity contribution is -0.384. The van der Waals surface area contributed by atoms with Crippen LogP contribution in [0.5, 0.6) is 0 Å². The second kappa shape index (κ2) is 8.59. The van der Waals surface area contributed by atoms with Crippen molar-refractivity contribution < 1.29 is 4.92 Å². The summed E-state index contributed by atoms with van der Waals surface area (Å²) < 4.78 is 0. The van der Waals surface area contributed by atoms with E-state index in [-0.39, 0.29) is 10.6 Å². The van der Waals surface area contributed by atoms with Gasteiger partial charge in [0.1, 0.15) is 5.69 Å². The molecule has 1 rings (SSSR count). The van der Waals surface area contributed by atoms with E-state index in [9.17, 15) is 10.1 Å². The first-order valence-electron chi connectivity index (χ1n) is 7.30. The second-order valence-electron chi connectivity index (χ2n) is 5.44. The Bertz CT molecular complexity index is 463. The molecule has 21 heavy (non-hydrogen) atoms. The van der Waals surface area contributed by atoms with Crippen LogP contribution in [0.2, 0.25) is 0 Å². The molecule has 0 heterocycles. The molecule has 1 aromatic rings. The van der Waals surface area contributed by atoms with Gasteiger partial charge in [-0.1, -0.05) is 13.0 Å². The van der Waals surface area contributed by atoms with Crippen LogP contribution in [0.15, 0.2) is 18.2 Å². The summed E-state index contributed by atoms with van der Waals surface area (Å²) in [6.07, 6.45) is 1.07. The summed E-state index contributed by atoms with van der Waals surface area (Å²) in [7, 11) is 5.80. The first-order valence-corrected chi connectivity index (χ1v) is 7.30. The number of hydrogen-bond acceptors (Lipinski definition) is 5. The Morgan fingerprint density at radius 3 is 2.48 bits per heavy atom. The zero-order chi connectivity index (χ0) is 15.8. The molecular weight excluding hydrogens is 268 g/mol. The summed E-state index contributed by atoms with van der Waals surface area (Å²) in [5, 5.41) is 14.0. The highest BCUT2D eigenvalue weighted by Crippen LogP contribution is 2.25. The molecular formula is C15H26N4O2. The molecule has 0 aliphatic rings. The molecule has 0 saturated carbocycles. The quantitative estimate of drug-likeness (QED) is 0.560. The predicted octanol–water partition coefficient (Wildman–Crippen LogP) is 2.41. The molecule has 0 saturated heterocycles. The summed E-state index contributed by atoms with van der Waals surface area (Å²) >= 11 is 0. The summed E-state index contributed by atoms with van der Waals surface area (Å²) in [5.74, 6) is 0. The van der Waals surface area contributed by atoms with Crippen molar-refractivity contribution in [3.05, 3.63) is 33.9 Å². The van der Waals surface area contributed by atoms with E-state index in [4.69, 9.17) is 0 Å². The van der Waals surface area contributed by atoms with Gasteiger partial charge in [-0.2, -0.15) is 0 Å². The predicted molar refractivity (Wildman–Crippen MR) is 86.8 cm³/mol. The molecule has 0 aliphatic carbocycles. The van der Waals surface area contributed by atoms with Gasteiger partial charge in [0.05, 0.1) is 4.92 Å². The highest BCUT2D eigenvalue weighted by Gasteiger charge is 2.14. The van der Waals surface area contributed by atoms with Crippen LogP contribution in [-0.4, -0.2) is 55.5 Å². The van der Waals surface area contributed by atoms with Crippen LogP contribution < -0.4 is 5.32 Å². The van der Waals surface area contributed by atoms with Gasteiger partial charge in [-0.3, -0.25) is 15.0 Å². The standard InChI is InChI=1S/C15H26N4O2/c1-5-8-18(10-9-17(3)4)12-13-6-7-14(16-2)15(11-13)19(20)21/h6-7,11,16H,5,8-10,12H2,1-4H3. The average Bonchev–Trinajstić information content (AvgIpc) is 2.44. The molecule has 0 radical (unpaired) electrons. The number of nitrogens with one attached hydrogen (secondary N) is 1. The van der Waals surface area contributed by atoms with Crippen LogP contribution in [0.25, 0.3) is 0 Å². The van der Waals surface area contributed by atoms with E-state index < -0.39 is 0 Å². The van der Waals surface area contributed by atoms with Crippen molar-refractivity contribution in [3.8, 4) is 0 Å². The third kappa shape index (κ3) is 5.69. The van der Waals surface area contributed by atoms with Gasteiger partial charge in [0.25, 0.3) is 5.69 Å². The number of nitro groups is 1. The molecule has 0 atom stereocenters. The minimum atomic E-state index is -0.334. The minimum absolute atomic E-state index is 0.138. The summed E-state index contributed by atoms with van der Waals surface area (Å²) in [4.78, 5) is 15.3. The fourth-order valence-electron chi connectivity index (χ4n) is 2.22. The van der Waals surface area contributed by atoms with Crippen LogP contribution in [0.4, 0.5) is 11.4 Å². The third-order valence-electron chi connectivity index (χ3n) is 3.34. The van der Waals surface area contributed by atoms with E-state index in [1.165, 1.54) is 0 Å². The molecule has 1 aromatic carbocycles. The second-order valence-corrected chi connectivity index (χ2v) is 5.44. The number of likely N-dealkylation sites (N-methyl/N-ethyl adjacent to an activating group) is 1. The molecule has 0 amide bonds. The smallest absolute Gasteiger partial charge is 0.292 e. The Morgan fingerprint density at radius 1 is 1.24 bits per heavy atom.